The molecule has 0 saturated carbocycles. The maximum atomic E-state index is 11.6. The van der Waals surface area contributed by atoms with Crippen LogP contribution in [0.15, 0.2) is 53.6 Å². The van der Waals surface area contributed by atoms with Gasteiger partial charge in [0.15, 0.2) is 0 Å². The number of carbonyl (C=O) groups excluding carboxylic acids is 2. The van der Waals surface area contributed by atoms with E-state index in [1.54, 1.807) is 18.2 Å². The van der Waals surface area contributed by atoms with Crippen LogP contribution < -0.4 is 15.5 Å². The summed E-state index contributed by atoms with van der Waals surface area (Å²) >= 11 is 6.22. The number of nitrogens with one attached hydrogen (secondary N) is 2. The molecule has 0 bridgehead atoms. The fourth-order valence-corrected chi connectivity index (χ4v) is 2.30. The second kappa shape index (κ2) is 10.3. The molecule has 0 aliphatic heterocycles. The van der Waals surface area contributed by atoms with Gasteiger partial charge < -0.3 is 10.1 Å². The molecule has 6 nitrogen and oxygen atoms in total. The minimum Gasteiger partial charge on any atom is -0.487 e. The number of benzene rings is 2. The highest BCUT2D eigenvalue weighted by molar-refractivity contribution is 6.35. The maximum absolute atomic E-state index is 11.6. The summed E-state index contributed by atoms with van der Waals surface area (Å²) < 4.78 is 5.70. The Kier molecular flexibility index (Phi) is 7.82. The minimum atomic E-state index is -0.819. The maximum Gasteiger partial charge on any atom is 0.329 e. The molecule has 0 aliphatic rings. The van der Waals surface area contributed by atoms with Crippen LogP contribution in [0.5, 0.6) is 5.75 Å². The molecule has 0 aromatic heterocycles. The van der Waals surface area contributed by atoms with Gasteiger partial charge in [-0.15, -0.1) is 0 Å². The lowest BCUT2D eigenvalue weighted by Gasteiger charge is -2.09. The Labute approximate surface area is 163 Å². The molecular formula is C20H22ClN3O3. The van der Waals surface area contributed by atoms with E-state index in [2.05, 4.69) is 15.8 Å². The molecule has 0 fully saturated rings. The number of nitrogens with zero attached hydrogens (tertiary/aromatic N) is 1. The van der Waals surface area contributed by atoms with Crippen molar-refractivity contribution in [1.82, 2.24) is 10.7 Å². The first-order valence-electron chi connectivity index (χ1n) is 8.59. The summed E-state index contributed by atoms with van der Waals surface area (Å²) in [5.74, 6) is -0.987. The second-order valence-corrected chi connectivity index (χ2v) is 6.35. The van der Waals surface area contributed by atoms with Crippen LogP contribution in [-0.2, 0) is 16.2 Å². The molecule has 0 heterocycles. The van der Waals surface area contributed by atoms with Crippen molar-refractivity contribution >= 4 is 29.6 Å². The van der Waals surface area contributed by atoms with Crippen molar-refractivity contribution in [3.05, 3.63) is 64.7 Å². The zero-order chi connectivity index (χ0) is 19.6. The molecule has 0 spiro atoms. The van der Waals surface area contributed by atoms with Gasteiger partial charge >= 0.3 is 11.8 Å². The van der Waals surface area contributed by atoms with E-state index >= 15 is 0 Å². The monoisotopic (exact) mass is 387 g/mol. The summed E-state index contributed by atoms with van der Waals surface area (Å²) in [5, 5.41) is 6.76. The first-order valence-corrected chi connectivity index (χ1v) is 8.97. The molecule has 7 heteroatoms. The zero-order valence-corrected chi connectivity index (χ0v) is 16.0. The Hall–Kier alpha value is -2.86. The van der Waals surface area contributed by atoms with E-state index in [0.717, 1.165) is 12.0 Å². The smallest absolute Gasteiger partial charge is 0.329 e. The SMILES string of the molecule is CC[C@H](C)NC(=O)C(=O)N/N=C\c1ccc(OCc2ccccc2)c(Cl)c1. The number of rotatable bonds is 7. The van der Waals surface area contributed by atoms with Gasteiger partial charge in [-0.05, 0) is 42.7 Å². The standard InChI is InChI=1S/C20H22ClN3O3/c1-3-14(2)23-19(25)20(26)24-22-12-16-9-10-18(17(21)11-16)27-13-15-7-5-4-6-8-15/h4-12,14H,3,13H2,1-2H3,(H,23,25)(H,24,26)/b22-12-/t14-/m0/s1. The molecule has 2 N–H and O–H groups in total. The molecule has 2 amide bonds. The highest BCUT2D eigenvalue weighted by Crippen LogP contribution is 2.25. The number of amides is 2. The summed E-state index contributed by atoms with van der Waals surface area (Å²) in [6.07, 6.45) is 2.14. The van der Waals surface area contributed by atoms with Gasteiger partial charge in [0.1, 0.15) is 12.4 Å². The Morgan fingerprint density at radius 3 is 2.59 bits per heavy atom. The highest BCUT2D eigenvalue weighted by Gasteiger charge is 2.14. The largest absolute Gasteiger partial charge is 0.487 e. The van der Waals surface area contributed by atoms with E-state index in [0.29, 0.717) is 22.9 Å². The Morgan fingerprint density at radius 2 is 1.93 bits per heavy atom. The third kappa shape index (κ3) is 6.75. The van der Waals surface area contributed by atoms with Gasteiger partial charge in [0, 0.05) is 6.04 Å². The van der Waals surface area contributed by atoms with E-state index in [9.17, 15) is 9.59 Å². The van der Waals surface area contributed by atoms with Gasteiger partial charge in [-0.3, -0.25) is 9.59 Å². The fraction of sp³-hybridized carbons (Fsp3) is 0.250. The normalized spacial score (nSPS) is 11.8. The molecule has 1 atom stereocenters. The third-order valence-electron chi connectivity index (χ3n) is 3.77. The number of ether oxygens (including phenoxy) is 1. The Morgan fingerprint density at radius 1 is 1.19 bits per heavy atom. The molecule has 2 aromatic carbocycles. The number of hydrazone groups is 1. The van der Waals surface area contributed by atoms with E-state index in [4.69, 9.17) is 16.3 Å². The van der Waals surface area contributed by atoms with E-state index in [-0.39, 0.29) is 6.04 Å². The number of halogens is 1. The molecule has 27 heavy (non-hydrogen) atoms. The first-order chi connectivity index (χ1) is 13.0. The fourth-order valence-electron chi connectivity index (χ4n) is 2.06. The number of carbonyl (C=O) groups is 2. The van der Waals surface area contributed by atoms with Crippen LogP contribution in [0.1, 0.15) is 31.4 Å². The molecule has 0 aliphatic carbocycles. The van der Waals surface area contributed by atoms with Crippen LogP contribution in [0.4, 0.5) is 0 Å². The van der Waals surface area contributed by atoms with Crippen molar-refractivity contribution in [3.63, 3.8) is 0 Å². The van der Waals surface area contributed by atoms with Gasteiger partial charge in [0.2, 0.25) is 0 Å². The van der Waals surface area contributed by atoms with Gasteiger partial charge in [-0.2, -0.15) is 5.10 Å². The third-order valence-corrected chi connectivity index (χ3v) is 4.06. The van der Waals surface area contributed by atoms with Crippen LogP contribution in [0.2, 0.25) is 5.02 Å². The van der Waals surface area contributed by atoms with Crippen molar-refractivity contribution in [2.45, 2.75) is 32.9 Å². The average Bonchev–Trinajstić information content (AvgIpc) is 2.67. The Balaban J connectivity index is 1.88. The van der Waals surface area contributed by atoms with E-state index in [1.807, 2.05) is 44.2 Å². The molecular weight excluding hydrogens is 366 g/mol. The summed E-state index contributed by atoms with van der Waals surface area (Å²) in [6.45, 7) is 4.14. The summed E-state index contributed by atoms with van der Waals surface area (Å²) in [6, 6.07) is 14.8. The first kappa shape index (κ1) is 20.5. The average molecular weight is 388 g/mol. The predicted molar refractivity (Wildman–Crippen MR) is 106 cm³/mol. The topological polar surface area (TPSA) is 79.8 Å². The summed E-state index contributed by atoms with van der Waals surface area (Å²) in [5.41, 5.74) is 3.89. The number of hydrogen-bond donors (Lipinski definition) is 2. The lowest BCUT2D eigenvalue weighted by molar-refractivity contribution is -0.139. The van der Waals surface area contributed by atoms with Gasteiger partial charge in [0.25, 0.3) is 0 Å². The van der Waals surface area contributed by atoms with E-state index in [1.165, 1.54) is 6.21 Å². The van der Waals surface area contributed by atoms with Gasteiger partial charge in [-0.1, -0.05) is 48.9 Å². The van der Waals surface area contributed by atoms with Crippen LogP contribution in [0.25, 0.3) is 0 Å². The lowest BCUT2D eigenvalue weighted by atomic mass is 10.2. The van der Waals surface area contributed by atoms with E-state index < -0.39 is 11.8 Å². The van der Waals surface area contributed by atoms with Crippen LogP contribution in [0, 0.1) is 0 Å². The van der Waals surface area contributed by atoms with Gasteiger partial charge in [0.05, 0.1) is 11.2 Å². The quantitative estimate of drug-likeness (QED) is 0.434. The van der Waals surface area contributed by atoms with Crippen LogP contribution in [0.3, 0.4) is 0 Å². The van der Waals surface area contributed by atoms with Crippen LogP contribution in [-0.4, -0.2) is 24.1 Å². The number of hydrogen-bond acceptors (Lipinski definition) is 4. The molecule has 0 saturated heterocycles. The zero-order valence-electron chi connectivity index (χ0n) is 15.2. The Bertz CT molecular complexity index is 809. The summed E-state index contributed by atoms with van der Waals surface area (Å²) in [7, 11) is 0. The molecule has 0 radical (unpaired) electrons. The van der Waals surface area contributed by atoms with Crippen molar-refractivity contribution in [1.29, 1.82) is 0 Å². The summed E-state index contributed by atoms with van der Waals surface area (Å²) in [4.78, 5) is 23.3. The minimum absolute atomic E-state index is 0.0746. The van der Waals surface area contributed by atoms with Gasteiger partial charge in [-0.25, -0.2) is 5.43 Å². The molecule has 142 valence electrons. The lowest BCUT2D eigenvalue weighted by Crippen LogP contribution is -2.41. The van der Waals surface area contributed by atoms with Crippen molar-refractivity contribution in [3.8, 4) is 5.75 Å². The van der Waals surface area contributed by atoms with Crippen molar-refractivity contribution in [2.24, 2.45) is 5.10 Å². The predicted octanol–water partition coefficient (Wildman–Crippen LogP) is 3.28. The van der Waals surface area contributed by atoms with Crippen molar-refractivity contribution in [2.75, 3.05) is 0 Å². The molecule has 2 aromatic rings. The van der Waals surface area contributed by atoms with Crippen molar-refractivity contribution < 1.29 is 14.3 Å². The molecule has 2 rings (SSSR count). The second-order valence-electron chi connectivity index (χ2n) is 5.95. The highest BCUT2D eigenvalue weighted by atomic mass is 35.5. The molecule has 0 unspecified atom stereocenters. The van der Waals surface area contributed by atoms with Crippen LogP contribution >= 0.6 is 11.6 Å².